The molecular weight excluding hydrogens is 398 g/mol. The Labute approximate surface area is 186 Å². The molecule has 6 heteroatoms. The normalized spacial score (nSPS) is 15.8. The Bertz CT molecular complexity index is 710. The predicted octanol–water partition coefficient (Wildman–Crippen LogP) is 3.34. The Morgan fingerprint density at radius 2 is 1.43 bits per heavy atom. The van der Waals surface area contributed by atoms with E-state index in [0.29, 0.717) is 6.61 Å². The van der Waals surface area contributed by atoms with Crippen LogP contribution < -0.4 is 5.73 Å². The van der Waals surface area contributed by atoms with E-state index in [1.54, 1.807) is 0 Å². The Balaban J connectivity index is 0.00000320. The molecule has 0 unspecified atom stereocenters. The van der Waals surface area contributed by atoms with Gasteiger partial charge in [-0.05, 0) is 17.0 Å². The summed E-state index contributed by atoms with van der Waals surface area (Å²) in [5, 5.41) is 0. The van der Waals surface area contributed by atoms with Gasteiger partial charge in [0.15, 0.2) is 0 Å². The summed E-state index contributed by atoms with van der Waals surface area (Å²) in [5.41, 5.74) is 8.35. The zero-order valence-corrected chi connectivity index (χ0v) is 18.8. The summed E-state index contributed by atoms with van der Waals surface area (Å²) in [5.74, 6) is 0.242. The maximum Gasteiger partial charge on any atom is 0.239 e. The molecule has 1 saturated heterocycles. The number of carbonyl (C=O) groups is 1. The lowest BCUT2D eigenvalue weighted by Crippen LogP contribution is -2.54. The van der Waals surface area contributed by atoms with Crippen LogP contribution in [-0.4, -0.2) is 61.1 Å². The molecule has 1 atom stereocenters. The van der Waals surface area contributed by atoms with Gasteiger partial charge in [0.2, 0.25) is 5.91 Å². The molecule has 0 spiro atoms. The van der Waals surface area contributed by atoms with Crippen LogP contribution in [-0.2, 0) is 9.53 Å². The highest BCUT2D eigenvalue weighted by molar-refractivity contribution is 5.85. The number of hydrogen-bond donors (Lipinski definition) is 1. The molecule has 0 radical (unpaired) electrons. The number of carbonyl (C=O) groups excluding carboxylic acids is 1. The van der Waals surface area contributed by atoms with Crippen molar-refractivity contribution in [2.24, 2.45) is 11.7 Å². The molecule has 2 aromatic rings. The van der Waals surface area contributed by atoms with E-state index in [9.17, 15) is 4.79 Å². The van der Waals surface area contributed by atoms with E-state index in [4.69, 9.17) is 10.5 Å². The first kappa shape index (κ1) is 24.4. The molecule has 5 nitrogen and oxygen atoms in total. The first-order valence-electron chi connectivity index (χ1n) is 10.5. The van der Waals surface area contributed by atoms with Crippen LogP contribution in [0.5, 0.6) is 0 Å². The molecule has 0 aliphatic carbocycles. The van der Waals surface area contributed by atoms with Crippen LogP contribution in [0.1, 0.15) is 31.1 Å². The molecule has 3 rings (SSSR count). The first-order chi connectivity index (χ1) is 14.1. The summed E-state index contributed by atoms with van der Waals surface area (Å²) in [4.78, 5) is 16.7. The Morgan fingerprint density at radius 1 is 0.933 bits per heavy atom. The van der Waals surface area contributed by atoms with Crippen molar-refractivity contribution < 1.29 is 9.53 Å². The second-order valence-electron chi connectivity index (χ2n) is 8.01. The fraction of sp³-hybridized carbons (Fsp3) is 0.458. The van der Waals surface area contributed by atoms with Crippen molar-refractivity contribution in [2.45, 2.75) is 26.0 Å². The largest absolute Gasteiger partial charge is 0.367 e. The molecule has 2 aromatic carbocycles. The summed E-state index contributed by atoms with van der Waals surface area (Å²) in [7, 11) is 0. The number of hydrogen-bond acceptors (Lipinski definition) is 4. The molecule has 0 bridgehead atoms. The molecule has 1 aliphatic rings. The molecular formula is C24H34ClN3O2. The van der Waals surface area contributed by atoms with Gasteiger partial charge in [-0.1, -0.05) is 74.5 Å². The highest BCUT2D eigenvalue weighted by Crippen LogP contribution is 2.25. The standard InChI is InChI=1S/C24H33N3O2.ClH/c1-19(2)22(25)24(28)27-15-13-26(14-16-27)17-18-29-23(20-9-5-3-6-10-20)21-11-7-4-8-12-21;/h3-12,19,22-23H,13-18,25H2,1-2H3;1H/t22-;/m0./s1. The van der Waals surface area contributed by atoms with Crippen molar-refractivity contribution in [2.75, 3.05) is 39.3 Å². The van der Waals surface area contributed by atoms with E-state index < -0.39 is 6.04 Å². The molecule has 1 aliphatic heterocycles. The van der Waals surface area contributed by atoms with Crippen LogP contribution in [0.4, 0.5) is 0 Å². The SMILES string of the molecule is CC(C)[C@H](N)C(=O)N1CCN(CCOC(c2ccccc2)c2ccccc2)CC1.Cl. The minimum Gasteiger partial charge on any atom is -0.367 e. The van der Waals surface area contributed by atoms with Crippen molar-refractivity contribution in [1.82, 2.24) is 9.80 Å². The summed E-state index contributed by atoms with van der Waals surface area (Å²) in [6.45, 7) is 8.68. The third kappa shape index (κ3) is 6.54. The van der Waals surface area contributed by atoms with Gasteiger partial charge in [-0.2, -0.15) is 0 Å². The van der Waals surface area contributed by atoms with Gasteiger partial charge >= 0.3 is 0 Å². The van der Waals surface area contributed by atoms with Gasteiger partial charge in [0.1, 0.15) is 6.10 Å². The monoisotopic (exact) mass is 431 g/mol. The summed E-state index contributed by atoms with van der Waals surface area (Å²) in [6, 6.07) is 20.3. The van der Waals surface area contributed by atoms with Crippen LogP contribution in [0, 0.1) is 5.92 Å². The first-order valence-corrected chi connectivity index (χ1v) is 10.5. The smallest absolute Gasteiger partial charge is 0.239 e. The lowest BCUT2D eigenvalue weighted by Gasteiger charge is -2.36. The maximum atomic E-state index is 12.4. The topological polar surface area (TPSA) is 58.8 Å². The van der Waals surface area contributed by atoms with Crippen LogP contribution in [0.25, 0.3) is 0 Å². The molecule has 1 fully saturated rings. The van der Waals surface area contributed by atoms with Gasteiger partial charge in [-0.15, -0.1) is 12.4 Å². The van der Waals surface area contributed by atoms with Crippen LogP contribution in [0.2, 0.25) is 0 Å². The number of benzene rings is 2. The quantitative estimate of drug-likeness (QED) is 0.696. The fourth-order valence-corrected chi connectivity index (χ4v) is 3.63. The van der Waals surface area contributed by atoms with E-state index >= 15 is 0 Å². The highest BCUT2D eigenvalue weighted by Gasteiger charge is 2.26. The van der Waals surface area contributed by atoms with Crippen molar-refractivity contribution >= 4 is 18.3 Å². The number of halogens is 1. The van der Waals surface area contributed by atoms with Crippen LogP contribution in [0.15, 0.2) is 60.7 Å². The van der Waals surface area contributed by atoms with Gasteiger partial charge in [0.25, 0.3) is 0 Å². The zero-order valence-electron chi connectivity index (χ0n) is 17.9. The third-order valence-corrected chi connectivity index (χ3v) is 5.58. The van der Waals surface area contributed by atoms with Crippen LogP contribution >= 0.6 is 12.4 Å². The molecule has 2 N–H and O–H groups in total. The zero-order chi connectivity index (χ0) is 20.6. The van der Waals surface area contributed by atoms with E-state index in [1.165, 1.54) is 0 Å². The van der Waals surface area contributed by atoms with E-state index in [0.717, 1.165) is 43.9 Å². The molecule has 1 heterocycles. The molecule has 1 amide bonds. The number of nitrogens with zero attached hydrogens (tertiary/aromatic N) is 2. The number of piperazine rings is 1. The maximum absolute atomic E-state index is 12.4. The van der Waals surface area contributed by atoms with Gasteiger partial charge in [-0.3, -0.25) is 9.69 Å². The summed E-state index contributed by atoms with van der Waals surface area (Å²) < 4.78 is 6.32. The van der Waals surface area contributed by atoms with Gasteiger partial charge < -0.3 is 15.4 Å². The lowest BCUT2D eigenvalue weighted by molar-refractivity contribution is -0.135. The Morgan fingerprint density at radius 3 is 1.90 bits per heavy atom. The second-order valence-corrected chi connectivity index (χ2v) is 8.01. The summed E-state index contributed by atoms with van der Waals surface area (Å²) >= 11 is 0. The molecule has 0 aromatic heterocycles. The van der Waals surface area contributed by atoms with Crippen LogP contribution in [0.3, 0.4) is 0 Å². The van der Waals surface area contributed by atoms with Gasteiger partial charge in [0.05, 0.1) is 12.6 Å². The van der Waals surface area contributed by atoms with E-state index in [-0.39, 0.29) is 30.3 Å². The average Bonchev–Trinajstić information content (AvgIpc) is 2.77. The van der Waals surface area contributed by atoms with E-state index in [1.807, 2.05) is 55.1 Å². The highest BCUT2D eigenvalue weighted by atomic mass is 35.5. The third-order valence-electron chi connectivity index (χ3n) is 5.58. The predicted molar refractivity (Wildman–Crippen MR) is 124 cm³/mol. The van der Waals surface area contributed by atoms with Crippen molar-refractivity contribution in [3.63, 3.8) is 0 Å². The average molecular weight is 432 g/mol. The van der Waals surface area contributed by atoms with Crippen molar-refractivity contribution in [3.05, 3.63) is 71.8 Å². The molecule has 164 valence electrons. The Kier molecular flexibility index (Phi) is 9.79. The van der Waals surface area contributed by atoms with Crippen molar-refractivity contribution in [1.29, 1.82) is 0 Å². The minimum atomic E-state index is -0.401. The second kappa shape index (κ2) is 12.1. The van der Waals surface area contributed by atoms with E-state index in [2.05, 4.69) is 29.2 Å². The summed E-state index contributed by atoms with van der Waals surface area (Å²) in [6.07, 6.45) is -0.0655. The minimum absolute atomic E-state index is 0. The number of amides is 1. The fourth-order valence-electron chi connectivity index (χ4n) is 3.63. The lowest BCUT2D eigenvalue weighted by atomic mass is 10.0. The number of ether oxygens (including phenoxy) is 1. The molecule has 0 saturated carbocycles. The Hall–Kier alpha value is -1.92. The number of rotatable bonds is 8. The van der Waals surface area contributed by atoms with Gasteiger partial charge in [-0.25, -0.2) is 0 Å². The van der Waals surface area contributed by atoms with Crippen molar-refractivity contribution in [3.8, 4) is 0 Å². The molecule has 30 heavy (non-hydrogen) atoms. The number of nitrogens with two attached hydrogens (primary N) is 1. The van der Waals surface area contributed by atoms with Gasteiger partial charge in [0, 0.05) is 32.7 Å².